The van der Waals surface area contributed by atoms with Gasteiger partial charge in [-0.25, -0.2) is 0 Å². The first-order valence-electron chi connectivity index (χ1n) is 8.58. The fourth-order valence-electron chi connectivity index (χ4n) is 2.72. The fraction of sp³-hybridized carbons (Fsp3) is 0.300. The number of hydrogen-bond acceptors (Lipinski definition) is 3. The quantitative estimate of drug-likeness (QED) is 0.796. The smallest absolute Gasteiger partial charge is 0.228 e. The third kappa shape index (κ3) is 4.35. The van der Waals surface area contributed by atoms with Gasteiger partial charge in [-0.15, -0.1) is 0 Å². The zero-order valence-electron chi connectivity index (χ0n) is 14.7. The predicted molar refractivity (Wildman–Crippen MR) is 103 cm³/mol. The average Bonchev–Trinajstić information content (AvgIpc) is 3.41. The monoisotopic (exact) mass is 372 g/mol. The van der Waals surface area contributed by atoms with Crippen LogP contribution in [0.2, 0.25) is 5.02 Å². The van der Waals surface area contributed by atoms with E-state index >= 15 is 0 Å². The molecule has 2 amide bonds. The van der Waals surface area contributed by atoms with Crippen molar-refractivity contribution >= 4 is 34.8 Å². The number of halogens is 1. The van der Waals surface area contributed by atoms with Crippen LogP contribution in [-0.4, -0.2) is 18.4 Å². The summed E-state index contributed by atoms with van der Waals surface area (Å²) in [6.45, 7) is 4.41. The SMILES string of the molecule is CCOc1ccc(NC(=O)C2CC2C(=O)Nc2ccc(C)c(Cl)c2)cc1. The van der Waals surface area contributed by atoms with E-state index in [2.05, 4.69) is 10.6 Å². The number of aryl methyl sites for hydroxylation is 1. The second-order valence-corrected chi connectivity index (χ2v) is 6.76. The third-order valence-electron chi connectivity index (χ3n) is 4.34. The third-order valence-corrected chi connectivity index (χ3v) is 4.74. The molecule has 5 nitrogen and oxygen atoms in total. The summed E-state index contributed by atoms with van der Waals surface area (Å²) in [5.41, 5.74) is 2.28. The van der Waals surface area contributed by atoms with Gasteiger partial charge in [-0.05, 0) is 62.2 Å². The molecule has 2 atom stereocenters. The van der Waals surface area contributed by atoms with Gasteiger partial charge in [0, 0.05) is 16.4 Å². The number of carbonyl (C=O) groups is 2. The lowest BCUT2D eigenvalue weighted by atomic mass is 10.2. The van der Waals surface area contributed by atoms with Gasteiger partial charge in [0.2, 0.25) is 11.8 Å². The number of ether oxygens (including phenoxy) is 1. The molecule has 1 fully saturated rings. The molecule has 2 unspecified atom stereocenters. The van der Waals surface area contributed by atoms with Crippen LogP contribution in [0.3, 0.4) is 0 Å². The van der Waals surface area contributed by atoms with E-state index in [0.29, 0.717) is 29.4 Å². The van der Waals surface area contributed by atoms with Gasteiger partial charge in [-0.2, -0.15) is 0 Å². The second kappa shape index (κ2) is 7.79. The van der Waals surface area contributed by atoms with Crippen molar-refractivity contribution < 1.29 is 14.3 Å². The van der Waals surface area contributed by atoms with Crippen molar-refractivity contribution in [1.29, 1.82) is 0 Å². The van der Waals surface area contributed by atoms with Crippen LogP contribution in [0.25, 0.3) is 0 Å². The maximum atomic E-state index is 12.3. The van der Waals surface area contributed by atoms with E-state index < -0.39 is 0 Å². The number of anilines is 2. The van der Waals surface area contributed by atoms with Crippen LogP contribution in [0, 0.1) is 18.8 Å². The highest BCUT2D eigenvalue weighted by Crippen LogP contribution is 2.40. The molecule has 0 heterocycles. The Hall–Kier alpha value is -2.53. The van der Waals surface area contributed by atoms with Gasteiger partial charge in [0.1, 0.15) is 5.75 Å². The molecule has 26 heavy (non-hydrogen) atoms. The van der Waals surface area contributed by atoms with Gasteiger partial charge >= 0.3 is 0 Å². The Morgan fingerprint density at radius 2 is 1.62 bits per heavy atom. The van der Waals surface area contributed by atoms with Gasteiger partial charge in [0.15, 0.2) is 0 Å². The van der Waals surface area contributed by atoms with Crippen LogP contribution in [0.1, 0.15) is 18.9 Å². The summed E-state index contributed by atoms with van der Waals surface area (Å²) in [6, 6.07) is 12.5. The number of hydrogen-bond donors (Lipinski definition) is 2. The first-order chi connectivity index (χ1) is 12.5. The molecule has 0 bridgehead atoms. The molecule has 0 radical (unpaired) electrons. The number of nitrogens with one attached hydrogen (secondary N) is 2. The zero-order chi connectivity index (χ0) is 18.7. The Bertz CT molecular complexity index is 820. The molecule has 136 valence electrons. The Morgan fingerprint density at radius 3 is 2.19 bits per heavy atom. The first-order valence-corrected chi connectivity index (χ1v) is 8.96. The molecule has 2 aromatic rings. The van der Waals surface area contributed by atoms with E-state index in [1.807, 2.05) is 19.9 Å². The Morgan fingerprint density at radius 1 is 1.04 bits per heavy atom. The Kier molecular flexibility index (Phi) is 5.47. The summed E-state index contributed by atoms with van der Waals surface area (Å²) in [6.07, 6.45) is 0.550. The van der Waals surface area contributed by atoms with Gasteiger partial charge in [-0.3, -0.25) is 9.59 Å². The largest absolute Gasteiger partial charge is 0.494 e. The zero-order valence-corrected chi connectivity index (χ0v) is 15.5. The highest BCUT2D eigenvalue weighted by atomic mass is 35.5. The highest BCUT2D eigenvalue weighted by molar-refractivity contribution is 6.31. The summed E-state index contributed by atoms with van der Waals surface area (Å²) < 4.78 is 5.37. The molecule has 0 aliphatic heterocycles. The van der Waals surface area contributed by atoms with Crippen LogP contribution >= 0.6 is 11.6 Å². The van der Waals surface area contributed by atoms with Crippen molar-refractivity contribution in [3.8, 4) is 5.75 Å². The fourth-order valence-corrected chi connectivity index (χ4v) is 2.90. The second-order valence-electron chi connectivity index (χ2n) is 6.35. The van der Waals surface area contributed by atoms with Gasteiger partial charge in [0.05, 0.1) is 18.4 Å². The summed E-state index contributed by atoms with van der Waals surface area (Å²) >= 11 is 6.07. The maximum Gasteiger partial charge on any atom is 0.228 e. The first kappa shape index (κ1) is 18.3. The van der Waals surface area contributed by atoms with Crippen molar-refractivity contribution in [2.75, 3.05) is 17.2 Å². The van der Waals surface area contributed by atoms with Gasteiger partial charge in [-0.1, -0.05) is 17.7 Å². The molecule has 2 aromatic carbocycles. The average molecular weight is 373 g/mol. The number of rotatable bonds is 6. The van der Waals surface area contributed by atoms with Crippen molar-refractivity contribution in [1.82, 2.24) is 0 Å². The maximum absolute atomic E-state index is 12.3. The van der Waals surface area contributed by atoms with E-state index in [1.165, 1.54) is 0 Å². The summed E-state index contributed by atoms with van der Waals surface area (Å²) in [4.78, 5) is 24.6. The lowest BCUT2D eigenvalue weighted by Gasteiger charge is -2.08. The molecule has 6 heteroatoms. The van der Waals surface area contributed by atoms with Crippen LogP contribution in [0.15, 0.2) is 42.5 Å². The van der Waals surface area contributed by atoms with Gasteiger partial charge in [0.25, 0.3) is 0 Å². The van der Waals surface area contributed by atoms with Crippen molar-refractivity contribution in [3.05, 3.63) is 53.1 Å². The minimum Gasteiger partial charge on any atom is -0.494 e. The molecular weight excluding hydrogens is 352 g/mol. The van der Waals surface area contributed by atoms with Crippen molar-refractivity contribution in [2.45, 2.75) is 20.3 Å². The van der Waals surface area contributed by atoms with Crippen LogP contribution < -0.4 is 15.4 Å². The minimum absolute atomic E-state index is 0.142. The lowest BCUT2D eigenvalue weighted by Crippen LogP contribution is -2.20. The standard InChI is InChI=1S/C20H21ClN2O3/c1-3-26-15-8-6-13(7-9-15)22-19(24)16-11-17(16)20(25)23-14-5-4-12(2)18(21)10-14/h4-10,16-17H,3,11H2,1-2H3,(H,22,24)(H,23,25). The van der Waals surface area contributed by atoms with E-state index in [-0.39, 0.29) is 23.7 Å². The van der Waals surface area contributed by atoms with Crippen LogP contribution in [0.5, 0.6) is 5.75 Å². The molecule has 1 aliphatic rings. The molecule has 2 N–H and O–H groups in total. The Labute approximate surface area is 157 Å². The van der Waals surface area contributed by atoms with Crippen LogP contribution in [-0.2, 0) is 9.59 Å². The predicted octanol–water partition coefficient (Wildman–Crippen LogP) is 4.26. The summed E-state index contributed by atoms with van der Waals surface area (Å²) in [5.74, 6) is -0.154. The number of amides is 2. The van der Waals surface area contributed by atoms with E-state index in [9.17, 15) is 9.59 Å². The molecule has 3 rings (SSSR count). The molecular formula is C20H21ClN2O3. The van der Waals surface area contributed by atoms with E-state index in [0.717, 1.165) is 11.3 Å². The normalized spacial score (nSPS) is 18.1. The topological polar surface area (TPSA) is 67.4 Å². The van der Waals surface area contributed by atoms with E-state index in [1.54, 1.807) is 36.4 Å². The molecule has 0 saturated heterocycles. The molecule has 0 spiro atoms. The molecule has 0 aromatic heterocycles. The van der Waals surface area contributed by atoms with Crippen molar-refractivity contribution in [2.24, 2.45) is 11.8 Å². The molecule has 1 aliphatic carbocycles. The van der Waals surface area contributed by atoms with E-state index in [4.69, 9.17) is 16.3 Å². The lowest BCUT2D eigenvalue weighted by molar-refractivity contribution is -0.122. The number of benzene rings is 2. The number of carbonyl (C=O) groups excluding carboxylic acids is 2. The van der Waals surface area contributed by atoms with Crippen molar-refractivity contribution in [3.63, 3.8) is 0 Å². The summed E-state index contributed by atoms with van der Waals surface area (Å²) in [7, 11) is 0. The Balaban J connectivity index is 1.53. The minimum atomic E-state index is -0.308. The highest BCUT2D eigenvalue weighted by Gasteiger charge is 2.48. The summed E-state index contributed by atoms with van der Waals surface area (Å²) in [5, 5.41) is 6.27. The van der Waals surface area contributed by atoms with Crippen LogP contribution in [0.4, 0.5) is 11.4 Å². The molecule has 1 saturated carbocycles. The van der Waals surface area contributed by atoms with Gasteiger partial charge < -0.3 is 15.4 Å².